The molecule has 1 amide bonds. The van der Waals surface area contributed by atoms with Crippen molar-refractivity contribution in [2.45, 2.75) is 44.6 Å². The number of furan rings is 1. The van der Waals surface area contributed by atoms with Crippen LogP contribution in [0.15, 0.2) is 22.8 Å². The summed E-state index contributed by atoms with van der Waals surface area (Å²) >= 11 is 0. The van der Waals surface area contributed by atoms with E-state index in [-0.39, 0.29) is 18.1 Å². The van der Waals surface area contributed by atoms with Gasteiger partial charge in [-0.2, -0.15) is 0 Å². The molecule has 2 heterocycles. The number of hydrogen-bond donors (Lipinski definition) is 3. The van der Waals surface area contributed by atoms with Crippen LogP contribution in [-0.4, -0.2) is 41.9 Å². The van der Waals surface area contributed by atoms with Gasteiger partial charge in [-0.3, -0.25) is 4.79 Å². The van der Waals surface area contributed by atoms with Gasteiger partial charge in [-0.15, -0.1) is 0 Å². The number of carbonyl (C=O) groups is 1. The van der Waals surface area contributed by atoms with Crippen molar-refractivity contribution in [1.82, 2.24) is 10.6 Å². The molecule has 1 fully saturated rings. The number of ether oxygens (including phenoxy) is 1. The van der Waals surface area contributed by atoms with Crippen LogP contribution in [0.2, 0.25) is 0 Å². The zero-order chi connectivity index (χ0) is 14.6. The van der Waals surface area contributed by atoms with Crippen LogP contribution in [0.3, 0.4) is 0 Å². The SMILES string of the molecule is CC(NCC1(O)CCOC1C)C(=O)NCc1ccco1. The molecule has 1 aliphatic rings. The van der Waals surface area contributed by atoms with E-state index in [1.807, 2.05) is 6.92 Å². The largest absolute Gasteiger partial charge is 0.467 e. The van der Waals surface area contributed by atoms with Crippen molar-refractivity contribution >= 4 is 5.91 Å². The van der Waals surface area contributed by atoms with Crippen molar-refractivity contribution in [2.75, 3.05) is 13.2 Å². The summed E-state index contributed by atoms with van der Waals surface area (Å²) in [5.41, 5.74) is -0.893. The molecule has 0 saturated carbocycles. The summed E-state index contributed by atoms with van der Waals surface area (Å²) in [4.78, 5) is 11.9. The molecule has 1 aromatic heterocycles. The summed E-state index contributed by atoms with van der Waals surface area (Å²) in [5.74, 6) is 0.582. The van der Waals surface area contributed by atoms with Crippen molar-refractivity contribution in [2.24, 2.45) is 0 Å². The fourth-order valence-electron chi connectivity index (χ4n) is 2.17. The second-order valence-electron chi connectivity index (χ2n) is 5.27. The highest BCUT2D eigenvalue weighted by molar-refractivity contribution is 5.81. The lowest BCUT2D eigenvalue weighted by Gasteiger charge is -2.27. The fraction of sp³-hybridized carbons (Fsp3) is 0.643. The maximum Gasteiger partial charge on any atom is 0.237 e. The summed E-state index contributed by atoms with van der Waals surface area (Å²) < 4.78 is 10.5. The first kappa shape index (κ1) is 15.0. The smallest absolute Gasteiger partial charge is 0.237 e. The van der Waals surface area contributed by atoms with E-state index in [0.29, 0.717) is 31.9 Å². The topological polar surface area (TPSA) is 83.7 Å². The van der Waals surface area contributed by atoms with Crippen molar-refractivity contribution in [3.8, 4) is 0 Å². The zero-order valence-corrected chi connectivity index (χ0v) is 11.9. The van der Waals surface area contributed by atoms with Gasteiger partial charge >= 0.3 is 0 Å². The molecule has 3 N–H and O–H groups in total. The van der Waals surface area contributed by atoms with Crippen LogP contribution in [0.4, 0.5) is 0 Å². The van der Waals surface area contributed by atoms with E-state index in [1.165, 1.54) is 0 Å². The summed E-state index contributed by atoms with van der Waals surface area (Å²) in [6.07, 6.45) is 1.94. The van der Waals surface area contributed by atoms with Crippen LogP contribution < -0.4 is 10.6 Å². The van der Waals surface area contributed by atoms with Gasteiger partial charge in [0.05, 0.1) is 25.0 Å². The third-order valence-corrected chi connectivity index (χ3v) is 3.78. The maximum absolute atomic E-state index is 11.9. The van der Waals surface area contributed by atoms with E-state index >= 15 is 0 Å². The number of hydrogen-bond acceptors (Lipinski definition) is 5. The number of rotatable bonds is 6. The molecule has 0 bridgehead atoms. The van der Waals surface area contributed by atoms with Crippen molar-refractivity contribution in [3.63, 3.8) is 0 Å². The van der Waals surface area contributed by atoms with E-state index in [9.17, 15) is 9.90 Å². The summed E-state index contributed by atoms with van der Waals surface area (Å²) in [6.45, 7) is 4.86. The Morgan fingerprint density at radius 1 is 1.65 bits per heavy atom. The number of carbonyl (C=O) groups excluding carboxylic acids is 1. The number of nitrogens with one attached hydrogen (secondary N) is 2. The van der Waals surface area contributed by atoms with E-state index in [1.54, 1.807) is 25.3 Å². The Morgan fingerprint density at radius 3 is 3.05 bits per heavy atom. The quantitative estimate of drug-likeness (QED) is 0.704. The first-order valence-electron chi connectivity index (χ1n) is 6.89. The molecular weight excluding hydrogens is 260 g/mol. The van der Waals surface area contributed by atoms with Gasteiger partial charge in [0.15, 0.2) is 0 Å². The normalized spacial score (nSPS) is 27.4. The van der Waals surface area contributed by atoms with Gasteiger partial charge in [0.1, 0.15) is 11.4 Å². The van der Waals surface area contributed by atoms with Crippen molar-refractivity contribution < 1.29 is 19.1 Å². The molecule has 6 heteroatoms. The summed E-state index contributed by atoms with van der Waals surface area (Å²) in [7, 11) is 0. The molecule has 0 spiro atoms. The predicted molar refractivity (Wildman–Crippen MR) is 73.0 cm³/mol. The average Bonchev–Trinajstić information content (AvgIpc) is 3.05. The van der Waals surface area contributed by atoms with Crippen molar-refractivity contribution in [3.05, 3.63) is 24.2 Å². The molecule has 2 rings (SSSR count). The van der Waals surface area contributed by atoms with Gasteiger partial charge in [-0.05, 0) is 26.0 Å². The monoisotopic (exact) mass is 282 g/mol. The van der Waals surface area contributed by atoms with Gasteiger partial charge < -0.3 is 24.9 Å². The lowest BCUT2D eigenvalue weighted by molar-refractivity contribution is -0.123. The fourth-order valence-corrected chi connectivity index (χ4v) is 2.17. The first-order valence-corrected chi connectivity index (χ1v) is 6.89. The molecule has 20 heavy (non-hydrogen) atoms. The molecule has 0 radical (unpaired) electrons. The Kier molecular flexibility index (Phi) is 4.80. The highest BCUT2D eigenvalue weighted by Crippen LogP contribution is 2.24. The molecule has 1 aromatic rings. The summed E-state index contributed by atoms with van der Waals surface area (Å²) in [5, 5.41) is 16.2. The van der Waals surface area contributed by atoms with Crippen molar-refractivity contribution in [1.29, 1.82) is 0 Å². The molecule has 3 atom stereocenters. The van der Waals surface area contributed by atoms with Gasteiger partial charge in [0, 0.05) is 19.6 Å². The van der Waals surface area contributed by atoms with Crippen LogP contribution in [0.1, 0.15) is 26.0 Å². The van der Waals surface area contributed by atoms with Crippen LogP contribution >= 0.6 is 0 Å². The lowest BCUT2D eigenvalue weighted by atomic mass is 9.96. The van der Waals surface area contributed by atoms with Gasteiger partial charge in [-0.1, -0.05) is 0 Å². The molecule has 0 aliphatic carbocycles. The minimum Gasteiger partial charge on any atom is -0.467 e. The third kappa shape index (κ3) is 3.59. The van der Waals surface area contributed by atoms with Crippen LogP contribution in [0, 0.1) is 0 Å². The highest BCUT2D eigenvalue weighted by Gasteiger charge is 2.39. The Morgan fingerprint density at radius 2 is 2.45 bits per heavy atom. The second-order valence-corrected chi connectivity index (χ2v) is 5.27. The second kappa shape index (κ2) is 6.39. The molecular formula is C14H22N2O4. The van der Waals surface area contributed by atoms with Crippen LogP contribution in [-0.2, 0) is 16.1 Å². The third-order valence-electron chi connectivity index (χ3n) is 3.78. The van der Waals surface area contributed by atoms with E-state index in [4.69, 9.17) is 9.15 Å². The molecule has 0 aromatic carbocycles. The Bertz CT molecular complexity index is 434. The molecule has 1 aliphatic heterocycles. The number of amides is 1. The number of aliphatic hydroxyl groups is 1. The molecule has 6 nitrogen and oxygen atoms in total. The highest BCUT2D eigenvalue weighted by atomic mass is 16.5. The van der Waals surface area contributed by atoms with Gasteiger partial charge in [-0.25, -0.2) is 0 Å². The zero-order valence-electron chi connectivity index (χ0n) is 11.9. The van der Waals surface area contributed by atoms with Gasteiger partial charge in [0.2, 0.25) is 5.91 Å². The Labute approximate surface area is 118 Å². The van der Waals surface area contributed by atoms with Crippen LogP contribution in [0.5, 0.6) is 0 Å². The Hall–Kier alpha value is -1.37. The van der Waals surface area contributed by atoms with E-state index in [0.717, 1.165) is 0 Å². The first-order chi connectivity index (χ1) is 9.51. The average molecular weight is 282 g/mol. The predicted octanol–water partition coefficient (Wildman–Crippen LogP) is 0.414. The van der Waals surface area contributed by atoms with E-state index in [2.05, 4.69) is 10.6 Å². The minimum atomic E-state index is -0.893. The molecule has 112 valence electrons. The Balaban J connectivity index is 1.73. The van der Waals surface area contributed by atoms with Gasteiger partial charge in [0.25, 0.3) is 0 Å². The standard InChI is InChI=1S/C14H22N2O4/c1-10(13(17)15-8-12-4-3-6-20-12)16-9-14(18)5-7-19-11(14)2/h3-4,6,10-11,16,18H,5,7-9H2,1-2H3,(H,15,17). The van der Waals surface area contributed by atoms with Crippen LogP contribution in [0.25, 0.3) is 0 Å². The minimum absolute atomic E-state index is 0.128. The maximum atomic E-state index is 11.9. The molecule has 3 unspecified atom stereocenters. The lowest BCUT2D eigenvalue weighted by Crippen LogP contribution is -2.51. The molecule has 1 saturated heterocycles. The summed E-state index contributed by atoms with van der Waals surface area (Å²) in [6, 6.07) is 3.19. The van der Waals surface area contributed by atoms with E-state index < -0.39 is 5.60 Å².